The molecular weight excluding hydrogens is 244 g/mol. The van der Waals surface area contributed by atoms with E-state index in [-0.39, 0.29) is 18.5 Å². The van der Waals surface area contributed by atoms with E-state index in [0.717, 1.165) is 23.2 Å². The number of carbonyl (C=O) groups excluding carboxylic acids is 1. The van der Waals surface area contributed by atoms with Crippen LogP contribution in [0, 0.1) is 6.92 Å². The molecule has 1 unspecified atom stereocenters. The Morgan fingerprint density at radius 3 is 2.89 bits per heavy atom. The molecule has 2 rings (SSSR count). The van der Waals surface area contributed by atoms with Gasteiger partial charge in [0, 0.05) is 6.54 Å². The van der Waals surface area contributed by atoms with Gasteiger partial charge >= 0.3 is 12.0 Å². The standard InChI is InChI=1S/C14H18N2O3/c1-3-10-6-4-5-9(2)13(10)16-11(7-12(17)18)8-15-14(16)19/h4-6,11H,3,7-8H2,1-2H3,(H,15,19)(H,17,18). The number of urea groups is 1. The third-order valence-electron chi connectivity index (χ3n) is 3.43. The molecular formula is C14H18N2O3. The second kappa shape index (κ2) is 5.30. The Morgan fingerprint density at radius 2 is 2.26 bits per heavy atom. The van der Waals surface area contributed by atoms with Gasteiger partial charge in [-0.25, -0.2) is 4.79 Å². The Balaban J connectivity index is 2.43. The maximum absolute atomic E-state index is 12.0. The lowest BCUT2D eigenvalue weighted by atomic mass is 10.0. The molecule has 5 nitrogen and oxygen atoms in total. The van der Waals surface area contributed by atoms with Crippen molar-refractivity contribution in [3.05, 3.63) is 29.3 Å². The quantitative estimate of drug-likeness (QED) is 0.871. The van der Waals surface area contributed by atoms with Crippen molar-refractivity contribution in [3.8, 4) is 0 Å². The lowest BCUT2D eigenvalue weighted by molar-refractivity contribution is -0.137. The van der Waals surface area contributed by atoms with Crippen LogP contribution < -0.4 is 10.2 Å². The monoisotopic (exact) mass is 262 g/mol. The highest BCUT2D eigenvalue weighted by molar-refractivity contribution is 5.97. The van der Waals surface area contributed by atoms with Crippen LogP contribution in [0.1, 0.15) is 24.5 Å². The number of amides is 2. The topological polar surface area (TPSA) is 69.6 Å². The summed E-state index contributed by atoms with van der Waals surface area (Å²) in [7, 11) is 0. The highest BCUT2D eigenvalue weighted by Gasteiger charge is 2.35. The highest BCUT2D eigenvalue weighted by Crippen LogP contribution is 2.30. The van der Waals surface area contributed by atoms with E-state index in [1.165, 1.54) is 0 Å². The number of para-hydroxylation sites is 1. The molecule has 0 radical (unpaired) electrons. The second-order valence-electron chi connectivity index (χ2n) is 4.74. The molecule has 0 bridgehead atoms. The number of carboxylic acid groups (broad SMARTS) is 1. The molecule has 0 aromatic heterocycles. The molecule has 2 N–H and O–H groups in total. The van der Waals surface area contributed by atoms with Gasteiger partial charge in [0.15, 0.2) is 0 Å². The van der Waals surface area contributed by atoms with Gasteiger partial charge in [-0.3, -0.25) is 9.69 Å². The van der Waals surface area contributed by atoms with E-state index in [2.05, 4.69) is 5.32 Å². The Hall–Kier alpha value is -2.04. The molecule has 2 amide bonds. The number of hydrogen-bond donors (Lipinski definition) is 2. The molecule has 1 aromatic rings. The minimum atomic E-state index is -0.891. The summed E-state index contributed by atoms with van der Waals surface area (Å²) < 4.78 is 0. The van der Waals surface area contributed by atoms with Crippen LogP contribution in [0.4, 0.5) is 10.5 Å². The lowest BCUT2D eigenvalue weighted by Gasteiger charge is -2.26. The van der Waals surface area contributed by atoms with Crippen LogP contribution in [-0.4, -0.2) is 29.7 Å². The fourth-order valence-electron chi connectivity index (χ4n) is 2.55. The van der Waals surface area contributed by atoms with E-state index >= 15 is 0 Å². The van der Waals surface area contributed by atoms with E-state index in [4.69, 9.17) is 5.11 Å². The van der Waals surface area contributed by atoms with Crippen LogP contribution in [0.3, 0.4) is 0 Å². The SMILES string of the molecule is CCc1cccc(C)c1N1C(=O)NCC1CC(=O)O. The van der Waals surface area contributed by atoms with Crippen molar-refractivity contribution in [2.24, 2.45) is 0 Å². The third-order valence-corrected chi connectivity index (χ3v) is 3.43. The number of carbonyl (C=O) groups is 2. The number of rotatable bonds is 4. The van der Waals surface area contributed by atoms with E-state index in [0.29, 0.717) is 6.54 Å². The molecule has 1 saturated heterocycles. The summed E-state index contributed by atoms with van der Waals surface area (Å²) >= 11 is 0. The number of nitrogens with zero attached hydrogens (tertiary/aromatic N) is 1. The largest absolute Gasteiger partial charge is 0.481 e. The Bertz CT molecular complexity index is 513. The van der Waals surface area contributed by atoms with Crippen LogP contribution >= 0.6 is 0 Å². The fraction of sp³-hybridized carbons (Fsp3) is 0.429. The summed E-state index contributed by atoms with van der Waals surface area (Å²) in [5.74, 6) is -0.891. The minimum absolute atomic E-state index is 0.0454. The van der Waals surface area contributed by atoms with Gasteiger partial charge in [0.2, 0.25) is 0 Å². The van der Waals surface area contributed by atoms with Crippen molar-refractivity contribution in [2.75, 3.05) is 11.4 Å². The van der Waals surface area contributed by atoms with Gasteiger partial charge in [-0.05, 0) is 24.5 Å². The Kier molecular flexibility index (Phi) is 3.74. The molecule has 1 heterocycles. The van der Waals surface area contributed by atoms with Gasteiger partial charge < -0.3 is 10.4 Å². The van der Waals surface area contributed by atoms with Crippen LogP contribution in [0.5, 0.6) is 0 Å². The first-order valence-corrected chi connectivity index (χ1v) is 6.42. The second-order valence-corrected chi connectivity index (χ2v) is 4.74. The first kappa shape index (κ1) is 13.4. The van der Waals surface area contributed by atoms with E-state index in [1.807, 2.05) is 32.0 Å². The smallest absolute Gasteiger partial charge is 0.322 e. The van der Waals surface area contributed by atoms with Crippen LogP contribution in [0.2, 0.25) is 0 Å². The summed E-state index contributed by atoms with van der Waals surface area (Å²) in [6, 6.07) is 5.34. The van der Waals surface area contributed by atoms with Gasteiger partial charge in [-0.2, -0.15) is 0 Å². The maximum Gasteiger partial charge on any atom is 0.322 e. The van der Waals surface area contributed by atoms with Crippen molar-refractivity contribution < 1.29 is 14.7 Å². The van der Waals surface area contributed by atoms with E-state index < -0.39 is 5.97 Å². The normalized spacial score (nSPS) is 18.5. The van der Waals surface area contributed by atoms with Crippen LogP contribution in [0.25, 0.3) is 0 Å². The first-order valence-electron chi connectivity index (χ1n) is 6.42. The average molecular weight is 262 g/mol. The van der Waals surface area contributed by atoms with Crippen molar-refractivity contribution in [1.29, 1.82) is 0 Å². The molecule has 1 fully saturated rings. The van der Waals surface area contributed by atoms with Gasteiger partial charge in [0.1, 0.15) is 0 Å². The molecule has 1 aliphatic rings. The highest BCUT2D eigenvalue weighted by atomic mass is 16.4. The van der Waals surface area contributed by atoms with Gasteiger partial charge in [0.05, 0.1) is 18.2 Å². The van der Waals surface area contributed by atoms with Crippen LogP contribution in [-0.2, 0) is 11.2 Å². The summed E-state index contributed by atoms with van der Waals surface area (Å²) in [6.45, 7) is 4.35. The van der Waals surface area contributed by atoms with E-state index in [1.54, 1.807) is 4.90 Å². The molecule has 1 aromatic carbocycles. The maximum atomic E-state index is 12.0. The zero-order chi connectivity index (χ0) is 14.0. The number of anilines is 1. The van der Waals surface area contributed by atoms with Gasteiger partial charge in [-0.15, -0.1) is 0 Å². The predicted octanol–water partition coefficient (Wildman–Crippen LogP) is 1.93. The summed E-state index contributed by atoms with van der Waals surface area (Å²) in [5.41, 5.74) is 2.91. The Labute approximate surface area is 112 Å². The van der Waals surface area contributed by atoms with E-state index in [9.17, 15) is 9.59 Å². The number of hydrogen-bond acceptors (Lipinski definition) is 2. The molecule has 102 valence electrons. The zero-order valence-electron chi connectivity index (χ0n) is 11.1. The number of aryl methyl sites for hydroxylation is 2. The van der Waals surface area contributed by atoms with Crippen molar-refractivity contribution >= 4 is 17.7 Å². The molecule has 1 atom stereocenters. The van der Waals surface area contributed by atoms with Crippen molar-refractivity contribution in [1.82, 2.24) is 5.32 Å². The number of aliphatic carboxylic acids is 1. The number of benzene rings is 1. The molecule has 0 saturated carbocycles. The summed E-state index contributed by atoms with van der Waals surface area (Å²) in [4.78, 5) is 24.5. The average Bonchev–Trinajstić information content (AvgIpc) is 2.69. The van der Waals surface area contributed by atoms with Gasteiger partial charge in [-0.1, -0.05) is 25.1 Å². The fourth-order valence-corrected chi connectivity index (χ4v) is 2.55. The number of carboxylic acids is 1. The Morgan fingerprint density at radius 1 is 1.53 bits per heavy atom. The minimum Gasteiger partial charge on any atom is -0.481 e. The van der Waals surface area contributed by atoms with Gasteiger partial charge in [0.25, 0.3) is 0 Å². The molecule has 1 aliphatic heterocycles. The van der Waals surface area contributed by atoms with Crippen LogP contribution in [0.15, 0.2) is 18.2 Å². The summed E-state index contributed by atoms with van der Waals surface area (Å²) in [6.07, 6.45) is 0.761. The molecule has 5 heteroatoms. The first-order chi connectivity index (χ1) is 9.04. The van der Waals surface area contributed by atoms with Crippen molar-refractivity contribution in [3.63, 3.8) is 0 Å². The molecule has 0 spiro atoms. The molecule has 19 heavy (non-hydrogen) atoms. The predicted molar refractivity (Wildman–Crippen MR) is 72.5 cm³/mol. The number of nitrogens with one attached hydrogen (secondary N) is 1. The third kappa shape index (κ3) is 2.54. The molecule has 0 aliphatic carbocycles. The summed E-state index contributed by atoms with van der Waals surface area (Å²) in [5, 5.41) is 11.7. The zero-order valence-corrected chi connectivity index (χ0v) is 11.1. The lowest BCUT2D eigenvalue weighted by Crippen LogP contribution is -2.36. The van der Waals surface area contributed by atoms with Crippen molar-refractivity contribution in [2.45, 2.75) is 32.7 Å².